The number of aromatic nitrogens is 3. The lowest BCUT2D eigenvalue weighted by Crippen LogP contribution is -2.25. The van der Waals surface area contributed by atoms with E-state index in [2.05, 4.69) is 44.8 Å². The SMILES string of the molecule is C#Sc1cc(C(C)(C)CC(C)(C)C)cc(-n2nc3ccccc3n2)c1O. The maximum absolute atomic E-state index is 10.7. The molecule has 1 heterocycles. The highest BCUT2D eigenvalue weighted by molar-refractivity contribution is 7.88. The van der Waals surface area contributed by atoms with E-state index < -0.39 is 0 Å². The first-order chi connectivity index (χ1) is 12.1. The topological polar surface area (TPSA) is 50.9 Å². The van der Waals surface area contributed by atoms with Crippen molar-refractivity contribution in [3.63, 3.8) is 0 Å². The standard InChI is InChI=1S/C21H25N3OS/c1-20(2,3)13-21(4,5)14-11-17(19(25)18(12-14)26-6)24-22-15-9-7-8-10-16(15)23-24/h6-12,25H,13H2,1-5H3. The molecule has 0 aliphatic heterocycles. The minimum absolute atomic E-state index is 0.0856. The number of phenolic OH excluding ortho intramolecular Hbond substituents is 1. The van der Waals surface area contributed by atoms with Crippen LogP contribution in [0.5, 0.6) is 5.75 Å². The van der Waals surface area contributed by atoms with E-state index in [-0.39, 0.29) is 16.6 Å². The van der Waals surface area contributed by atoms with E-state index in [9.17, 15) is 5.11 Å². The number of nitrogens with zero attached hydrogens (tertiary/aromatic N) is 3. The number of phenols is 1. The second-order valence-electron chi connectivity index (χ2n) is 8.56. The Hall–Kier alpha value is -2.36. The van der Waals surface area contributed by atoms with Gasteiger partial charge in [0.05, 0.1) is 4.90 Å². The minimum atomic E-state index is -0.0856. The van der Waals surface area contributed by atoms with E-state index in [4.69, 9.17) is 5.69 Å². The number of hydrogen-bond acceptors (Lipinski definition) is 3. The van der Waals surface area contributed by atoms with Gasteiger partial charge in [-0.3, -0.25) is 0 Å². The number of rotatable bonds is 3. The molecule has 0 radical (unpaired) electrons. The van der Waals surface area contributed by atoms with Crippen LogP contribution < -0.4 is 0 Å². The molecule has 26 heavy (non-hydrogen) atoms. The average molecular weight is 368 g/mol. The number of fused-ring (bicyclic) bond motifs is 1. The number of hydrogen-bond donors (Lipinski definition) is 1. The van der Waals surface area contributed by atoms with Crippen molar-refractivity contribution in [1.29, 1.82) is 0 Å². The van der Waals surface area contributed by atoms with Crippen molar-refractivity contribution in [3.8, 4) is 17.1 Å². The molecule has 0 aliphatic rings. The van der Waals surface area contributed by atoms with Gasteiger partial charge in [-0.2, -0.15) is 0 Å². The van der Waals surface area contributed by atoms with Crippen LogP contribution in [0.3, 0.4) is 0 Å². The quantitative estimate of drug-likeness (QED) is 0.663. The molecule has 0 fully saturated rings. The van der Waals surface area contributed by atoms with Crippen LogP contribution in [-0.4, -0.2) is 20.1 Å². The summed E-state index contributed by atoms with van der Waals surface area (Å²) in [7, 11) is 0. The fourth-order valence-corrected chi connectivity index (χ4v) is 4.03. The van der Waals surface area contributed by atoms with Crippen LogP contribution >= 0.6 is 11.2 Å². The lowest BCUT2D eigenvalue weighted by Gasteiger charge is -2.33. The molecule has 0 spiro atoms. The van der Waals surface area contributed by atoms with Crippen molar-refractivity contribution in [2.75, 3.05) is 0 Å². The molecule has 0 aliphatic carbocycles. The molecule has 0 saturated heterocycles. The molecule has 0 unspecified atom stereocenters. The Bertz CT molecular complexity index is 973. The van der Waals surface area contributed by atoms with Gasteiger partial charge in [0.1, 0.15) is 16.7 Å². The van der Waals surface area contributed by atoms with Crippen molar-refractivity contribution in [3.05, 3.63) is 42.0 Å². The van der Waals surface area contributed by atoms with Gasteiger partial charge in [-0.05, 0) is 47.1 Å². The maximum atomic E-state index is 10.7. The van der Waals surface area contributed by atoms with Gasteiger partial charge in [0, 0.05) is 0 Å². The summed E-state index contributed by atoms with van der Waals surface area (Å²) in [6.07, 6.45) is 0.993. The van der Waals surface area contributed by atoms with Crippen LogP contribution in [0.2, 0.25) is 0 Å². The minimum Gasteiger partial charge on any atom is -0.504 e. The van der Waals surface area contributed by atoms with Crippen molar-refractivity contribution < 1.29 is 5.11 Å². The summed E-state index contributed by atoms with van der Waals surface area (Å²) in [5.41, 5.74) is 9.14. The van der Waals surface area contributed by atoms with Crippen LogP contribution in [-0.2, 0) is 5.41 Å². The lowest BCUT2D eigenvalue weighted by atomic mass is 9.72. The van der Waals surface area contributed by atoms with Gasteiger partial charge in [0.2, 0.25) is 0 Å². The molecule has 3 rings (SSSR count). The van der Waals surface area contributed by atoms with E-state index in [1.54, 1.807) is 0 Å². The van der Waals surface area contributed by atoms with Crippen molar-refractivity contribution in [2.24, 2.45) is 5.41 Å². The first kappa shape index (κ1) is 18.4. The van der Waals surface area contributed by atoms with Crippen LogP contribution in [0.1, 0.15) is 46.6 Å². The zero-order chi connectivity index (χ0) is 19.1. The number of aromatic hydroxyl groups is 1. The smallest absolute Gasteiger partial charge is 0.161 e. The second kappa shape index (κ2) is 6.42. The van der Waals surface area contributed by atoms with Gasteiger partial charge < -0.3 is 5.11 Å². The van der Waals surface area contributed by atoms with Crippen molar-refractivity contribution in [1.82, 2.24) is 15.0 Å². The molecule has 136 valence electrons. The summed E-state index contributed by atoms with van der Waals surface area (Å²) in [5, 5.41) is 19.7. The first-order valence-corrected chi connectivity index (χ1v) is 9.55. The molecular formula is C21H25N3OS. The average Bonchev–Trinajstić information content (AvgIpc) is 2.96. The Balaban J connectivity index is 2.18. The summed E-state index contributed by atoms with van der Waals surface area (Å²) < 4.78 is 0. The molecule has 1 aromatic heterocycles. The van der Waals surface area contributed by atoms with Crippen molar-refractivity contribution in [2.45, 2.75) is 51.3 Å². The monoisotopic (exact) mass is 367 g/mol. The Kier molecular flexibility index (Phi) is 4.55. The fraction of sp³-hybridized carbons (Fsp3) is 0.381. The van der Waals surface area contributed by atoms with Crippen LogP contribution in [0.4, 0.5) is 0 Å². The predicted octanol–water partition coefficient (Wildman–Crippen LogP) is 5.52. The van der Waals surface area contributed by atoms with Crippen molar-refractivity contribution >= 4 is 22.2 Å². The molecule has 0 amide bonds. The Morgan fingerprint density at radius 3 is 2.12 bits per heavy atom. The molecule has 0 saturated carbocycles. The molecule has 1 N–H and O–H groups in total. The molecule has 5 heteroatoms. The Morgan fingerprint density at radius 1 is 1.04 bits per heavy atom. The maximum Gasteiger partial charge on any atom is 0.161 e. The first-order valence-electron chi connectivity index (χ1n) is 8.67. The normalized spacial score (nSPS) is 12.5. The summed E-state index contributed by atoms with van der Waals surface area (Å²) in [5.74, 6) is 0.105. The second-order valence-corrected chi connectivity index (χ2v) is 9.23. The van der Waals surface area contributed by atoms with Gasteiger partial charge in [-0.1, -0.05) is 57.9 Å². The lowest BCUT2D eigenvalue weighted by molar-refractivity contribution is 0.283. The zero-order valence-electron chi connectivity index (χ0n) is 15.9. The van der Waals surface area contributed by atoms with Crippen LogP contribution in [0.15, 0.2) is 41.3 Å². The molecular weight excluding hydrogens is 342 g/mol. The summed E-state index contributed by atoms with van der Waals surface area (Å²) in [6, 6.07) is 11.6. The van der Waals surface area contributed by atoms with E-state index in [0.717, 1.165) is 34.2 Å². The summed E-state index contributed by atoms with van der Waals surface area (Å²) >= 11 is 1.04. The predicted molar refractivity (Wildman–Crippen MR) is 108 cm³/mol. The highest BCUT2D eigenvalue weighted by Crippen LogP contribution is 2.40. The van der Waals surface area contributed by atoms with Gasteiger partial charge in [0.25, 0.3) is 0 Å². The highest BCUT2D eigenvalue weighted by atomic mass is 32.1. The van der Waals surface area contributed by atoms with Gasteiger partial charge in [-0.15, -0.1) is 20.7 Å². The van der Waals surface area contributed by atoms with Gasteiger partial charge in [-0.25, -0.2) is 0 Å². The number of benzene rings is 2. The zero-order valence-corrected chi connectivity index (χ0v) is 16.8. The van der Waals surface area contributed by atoms with E-state index in [1.807, 2.05) is 36.4 Å². The summed E-state index contributed by atoms with van der Waals surface area (Å²) in [4.78, 5) is 2.12. The third kappa shape index (κ3) is 3.59. The van der Waals surface area contributed by atoms with Gasteiger partial charge >= 0.3 is 0 Å². The highest BCUT2D eigenvalue weighted by Gasteiger charge is 2.29. The molecule has 0 bridgehead atoms. The fourth-order valence-electron chi connectivity index (χ4n) is 3.62. The third-order valence-electron chi connectivity index (χ3n) is 4.44. The molecule has 2 aromatic carbocycles. The van der Waals surface area contributed by atoms with E-state index in [1.165, 1.54) is 4.80 Å². The Morgan fingerprint density at radius 2 is 1.62 bits per heavy atom. The largest absolute Gasteiger partial charge is 0.504 e. The summed E-state index contributed by atoms with van der Waals surface area (Å²) in [6.45, 7) is 11.1. The Labute approximate surface area is 158 Å². The van der Waals surface area contributed by atoms with Gasteiger partial charge in [0.15, 0.2) is 5.75 Å². The van der Waals surface area contributed by atoms with E-state index >= 15 is 0 Å². The van der Waals surface area contributed by atoms with Crippen LogP contribution in [0.25, 0.3) is 16.7 Å². The third-order valence-corrected chi connectivity index (χ3v) is 5.00. The van der Waals surface area contributed by atoms with Crippen LogP contribution in [0, 0.1) is 11.1 Å². The molecule has 3 aromatic rings. The molecule has 4 nitrogen and oxygen atoms in total. The molecule has 0 atom stereocenters. The van der Waals surface area contributed by atoms with E-state index in [0.29, 0.717) is 10.6 Å².